The molecule has 0 heterocycles. The third-order valence-electron chi connectivity index (χ3n) is 1.57. The molecule has 0 aromatic rings. The van der Waals surface area contributed by atoms with Crippen molar-refractivity contribution in [2.24, 2.45) is 0 Å². The van der Waals surface area contributed by atoms with E-state index in [1.54, 1.807) is 28.4 Å². The van der Waals surface area contributed by atoms with Gasteiger partial charge in [0, 0.05) is 34.5 Å². The Morgan fingerprint density at radius 3 is 1.64 bits per heavy atom. The van der Waals surface area contributed by atoms with Crippen molar-refractivity contribution in [1.82, 2.24) is 0 Å². The fourth-order valence-corrected chi connectivity index (χ4v) is 3.03. The number of hydrogen-bond donors (Lipinski definition) is 1. The summed E-state index contributed by atoms with van der Waals surface area (Å²) in [6.07, 6.45) is 0.963. The first kappa shape index (κ1) is 17.0. The van der Waals surface area contributed by atoms with Crippen molar-refractivity contribution in [3.63, 3.8) is 0 Å². The second-order valence-corrected chi connectivity index (χ2v) is 6.89. The SMILES string of the molecule is CO[SiH3].CO[Si](CCCS)(OC)OC. The van der Waals surface area contributed by atoms with Gasteiger partial charge < -0.3 is 17.7 Å². The van der Waals surface area contributed by atoms with Crippen LogP contribution in [0.2, 0.25) is 6.04 Å². The topological polar surface area (TPSA) is 36.9 Å². The Bertz CT molecular complexity index is 106. The molecule has 0 saturated carbocycles. The Morgan fingerprint density at radius 1 is 1.07 bits per heavy atom. The Hall–Kier alpha value is 0.624. The summed E-state index contributed by atoms with van der Waals surface area (Å²) in [7, 11) is 5.14. The van der Waals surface area contributed by atoms with Crippen molar-refractivity contribution in [3.05, 3.63) is 0 Å². The number of rotatable bonds is 6. The van der Waals surface area contributed by atoms with Gasteiger partial charge in [-0.3, -0.25) is 0 Å². The predicted molar refractivity (Wildman–Crippen MR) is 67.0 cm³/mol. The van der Waals surface area contributed by atoms with Crippen LogP contribution in [0.3, 0.4) is 0 Å². The molecular formula is C7H22O4SSi2. The van der Waals surface area contributed by atoms with E-state index in [4.69, 9.17) is 13.3 Å². The Balaban J connectivity index is 0. The summed E-state index contributed by atoms with van der Waals surface area (Å²) in [5.74, 6) is 0.838. The maximum atomic E-state index is 5.20. The summed E-state index contributed by atoms with van der Waals surface area (Å²) in [4.78, 5) is 0. The Morgan fingerprint density at radius 2 is 1.43 bits per heavy atom. The summed E-state index contributed by atoms with van der Waals surface area (Å²) in [6, 6.07) is 0.833. The molecule has 0 spiro atoms. The maximum absolute atomic E-state index is 5.20. The second kappa shape index (κ2) is 11.7. The van der Waals surface area contributed by atoms with Crippen LogP contribution in [-0.4, -0.2) is 53.5 Å². The molecule has 0 bridgehead atoms. The van der Waals surface area contributed by atoms with Gasteiger partial charge in [0.25, 0.3) is 0 Å². The summed E-state index contributed by atoms with van der Waals surface area (Å²) in [5.41, 5.74) is 0. The highest BCUT2D eigenvalue weighted by molar-refractivity contribution is 7.80. The number of thiol groups is 1. The Labute approximate surface area is 96.6 Å². The average molecular weight is 258 g/mol. The van der Waals surface area contributed by atoms with Crippen LogP contribution in [0.4, 0.5) is 0 Å². The van der Waals surface area contributed by atoms with Gasteiger partial charge in [0.15, 0.2) is 0 Å². The van der Waals surface area contributed by atoms with E-state index in [1.807, 2.05) is 0 Å². The maximum Gasteiger partial charge on any atom is 0.500 e. The highest BCUT2D eigenvalue weighted by Gasteiger charge is 2.36. The van der Waals surface area contributed by atoms with Crippen LogP contribution in [0.5, 0.6) is 0 Å². The molecule has 0 rings (SSSR count). The molecule has 0 radical (unpaired) electrons. The van der Waals surface area contributed by atoms with Crippen LogP contribution in [0, 0.1) is 0 Å². The lowest BCUT2D eigenvalue weighted by molar-refractivity contribution is 0.123. The molecule has 88 valence electrons. The summed E-state index contributed by atoms with van der Waals surface area (Å²) < 4.78 is 20.0. The minimum Gasteiger partial charge on any atom is -0.431 e. The minimum atomic E-state index is -2.29. The van der Waals surface area contributed by atoms with Crippen molar-refractivity contribution in [3.8, 4) is 0 Å². The highest BCUT2D eigenvalue weighted by atomic mass is 32.1. The molecule has 14 heavy (non-hydrogen) atoms. The van der Waals surface area contributed by atoms with E-state index in [9.17, 15) is 0 Å². The van der Waals surface area contributed by atoms with Gasteiger partial charge in [0.2, 0.25) is 0 Å². The molecule has 0 aliphatic rings. The Kier molecular flexibility index (Phi) is 14.2. The molecule has 0 aliphatic heterocycles. The molecule has 0 saturated heterocycles. The lowest BCUT2D eigenvalue weighted by Crippen LogP contribution is -2.42. The van der Waals surface area contributed by atoms with E-state index < -0.39 is 8.80 Å². The molecule has 0 amide bonds. The van der Waals surface area contributed by atoms with E-state index in [0.29, 0.717) is 0 Å². The fourth-order valence-electron chi connectivity index (χ4n) is 0.852. The van der Waals surface area contributed by atoms with Crippen LogP contribution < -0.4 is 0 Å². The van der Waals surface area contributed by atoms with Crippen molar-refractivity contribution in [2.75, 3.05) is 34.2 Å². The third-order valence-corrected chi connectivity index (χ3v) is 4.72. The van der Waals surface area contributed by atoms with Gasteiger partial charge in [-0.05, 0) is 12.2 Å². The normalized spacial score (nSPS) is 10.9. The molecule has 0 fully saturated rings. The quantitative estimate of drug-likeness (QED) is 0.541. The molecule has 0 N–H and O–H groups in total. The zero-order chi connectivity index (χ0) is 11.4. The minimum absolute atomic E-state index is 0.833. The lowest BCUT2D eigenvalue weighted by atomic mass is 10.6. The van der Waals surface area contributed by atoms with Crippen molar-refractivity contribution in [2.45, 2.75) is 12.5 Å². The predicted octanol–water partition coefficient (Wildman–Crippen LogP) is 0.0976. The van der Waals surface area contributed by atoms with Crippen LogP contribution in [0.15, 0.2) is 0 Å². The smallest absolute Gasteiger partial charge is 0.431 e. The summed E-state index contributed by atoms with van der Waals surface area (Å²) >= 11 is 4.10. The van der Waals surface area contributed by atoms with E-state index in [0.717, 1.165) is 28.7 Å². The van der Waals surface area contributed by atoms with Gasteiger partial charge in [0.1, 0.15) is 10.5 Å². The van der Waals surface area contributed by atoms with Crippen molar-refractivity contribution in [1.29, 1.82) is 0 Å². The van der Waals surface area contributed by atoms with Gasteiger partial charge in [-0.25, -0.2) is 0 Å². The molecule has 4 nitrogen and oxygen atoms in total. The first-order valence-electron chi connectivity index (χ1n) is 4.32. The highest BCUT2D eigenvalue weighted by Crippen LogP contribution is 2.14. The fraction of sp³-hybridized carbons (Fsp3) is 1.00. The second-order valence-electron chi connectivity index (χ2n) is 2.53. The van der Waals surface area contributed by atoms with Gasteiger partial charge in [0.05, 0.1) is 0 Å². The van der Waals surface area contributed by atoms with Gasteiger partial charge in [-0.15, -0.1) is 0 Å². The molecule has 0 aromatic heterocycles. The third kappa shape index (κ3) is 7.98. The van der Waals surface area contributed by atoms with Crippen LogP contribution in [-0.2, 0) is 17.7 Å². The van der Waals surface area contributed by atoms with Gasteiger partial charge >= 0.3 is 8.80 Å². The van der Waals surface area contributed by atoms with Crippen LogP contribution >= 0.6 is 12.6 Å². The summed E-state index contributed by atoms with van der Waals surface area (Å²) in [6.45, 7) is 0. The van der Waals surface area contributed by atoms with Gasteiger partial charge in [-0.1, -0.05) is 0 Å². The van der Waals surface area contributed by atoms with Crippen LogP contribution in [0.1, 0.15) is 6.42 Å². The first-order chi connectivity index (χ1) is 6.66. The molecule has 0 aliphatic carbocycles. The van der Waals surface area contributed by atoms with Crippen LogP contribution in [0.25, 0.3) is 0 Å². The van der Waals surface area contributed by atoms with Gasteiger partial charge in [-0.2, -0.15) is 12.6 Å². The standard InChI is InChI=1S/C6H16O3SSi.CH6OSi/c1-7-11(8-2,9-3)6-4-5-10;1-2-3/h10H,4-6H2,1-3H3;1,3H3. The zero-order valence-corrected chi connectivity index (χ0v) is 13.6. The molecule has 0 atom stereocenters. The number of hydrogen-bond acceptors (Lipinski definition) is 5. The monoisotopic (exact) mass is 258 g/mol. The molecular weight excluding hydrogens is 236 g/mol. The molecule has 7 heteroatoms. The zero-order valence-electron chi connectivity index (χ0n) is 9.70. The van der Waals surface area contributed by atoms with E-state index in [1.165, 1.54) is 0 Å². The van der Waals surface area contributed by atoms with Crippen molar-refractivity contribution >= 4 is 31.9 Å². The summed E-state index contributed by atoms with van der Waals surface area (Å²) in [5, 5.41) is 0. The largest absolute Gasteiger partial charge is 0.500 e. The molecule has 0 aromatic carbocycles. The van der Waals surface area contributed by atoms with E-state index in [-0.39, 0.29) is 0 Å². The van der Waals surface area contributed by atoms with Crippen molar-refractivity contribution < 1.29 is 17.7 Å². The average Bonchev–Trinajstić information content (AvgIpc) is 2.22. The first-order valence-corrected chi connectivity index (χ1v) is 7.70. The lowest BCUT2D eigenvalue weighted by Gasteiger charge is -2.23. The van der Waals surface area contributed by atoms with E-state index in [2.05, 4.69) is 17.1 Å². The van der Waals surface area contributed by atoms with E-state index >= 15 is 0 Å². The molecule has 0 unspecified atom stereocenters.